The van der Waals surface area contributed by atoms with Gasteiger partial charge in [0.15, 0.2) is 5.78 Å². The zero-order valence-corrected chi connectivity index (χ0v) is 11.3. The van der Waals surface area contributed by atoms with E-state index in [0.29, 0.717) is 17.0 Å². The largest absolute Gasteiger partial charge is 0.495 e. The van der Waals surface area contributed by atoms with Gasteiger partial charge in [-0.25, -0.2) is 4.52 Å². The Bertz CT molecular complexity index is 776. The van der Waals surface area contributed by atoms with E-state index in [1.165, 1.54) is 0 Å². The topological polar surface area (TPSA) is 43.6 Å². The molecule has 0 unspecified atom stereocenters. The lowest BCUT2D eigenvalue weighted by molar-refractivity contribution is 0.102. The summed E-state index contributed by atoms with van der Waals surface area (Å²) in [5.41, 5.74) is 3.06. The van der Waals surface area contributed by atoms with Gasteiger partial charge in [0, 0.05) is 5.56 Å². The lowest BCUT2D eigenvalue weighted by Crippen LogP contribution is -1.94. The number of carbonyl (C=O) groups excluding carboxylic acids is 1. The van der Waals surface area contributed by atoms with Crippen molar-refractivity contribution in [3.63, 3.8) is 0 Å². The van der Waals surface area contributed by atoms with E-state index in [1.807, 2.05) is 42.5 Å². The normalized spacial score (nSPS) is 10.7. The summed E-state index contributed by atoms with van der Waals surface area (Å²) in [7, 11) is 1.61. The number of nitrogens with zero attached hydrogens (tertiary/aromatic N) is 2. The molecule has 4 nitrogen and oxygen atoms in total. The summed E-state index contributed by atoms with van der Waals surface area (Å²) in [4.78, 5) is 12.0. The molecule has 0 amide bonds. The van der Waals surface area contributed by atoms with E-state index in [1.54, 1.807) is 24.7 Å². The van der Waals surface area contributed by atoms with Crippen molar-refractivity contribution in [2.45, 2.75) is 6.92 Å². The number of benzene rings is 1. The summed E-state index contributed by atoms with van der Waals surface area (Å²) >= 11 is 0. The highest BCUT2D eigenvalue weighted by Crippen LogP contribution is 2.27. The Hall–Kier alpha value is -2.62. The Kier molecular flexibility index (Phi) is 2.99. The fourth-order valence-corrected chi connectivity index (χ4v) is 2.30. The number of hydrogen-bond acceptors (Lipinski definition) is 3. The van der Waals surface area contributed by atoms with Gasteiger partial charge in [0.05, 0.1) is 24.4 Å². The van der Waals surface area contributed by atoms with E-state index in [4.69, 9.17) is 4.74 Å². The molecule has 0 saturated heterocycles. The molecule has 1 aromatic carbocycles. The highest BCUT2D eigenvalue weighted by atomic mass is 16.5. The van der Waals surface area contributed by atoms with E-state index in [0.717, 1.165) is 11.1 Å². The van der Waals surface area contributed by atoms with Crippen molar-refractivity contribution in [2.75, 3.05) is 7.11 Å². The summed E-state index contributed by atoms with van der Waals surface area (Å²) in [5.74, 6) is 0.707. The quantitative estimate of drug-likeness (QED) is 0.684. The van der Waals surface area contributed by atoms with Gasteiger partial charge in [0.2, 0.25) is 0 Å². The number of fused-ring (bicyclic) bond motifs is 1. The van der Waals surface area contributed by atoms with Crippen LogP contribution >= 0.6 is 0 Å². The first kappa shape index (κ1) is 12.4. The summed E-state index contributed by atoms with van der Waals surface area (Å²) in [6, 6.07) is 13.4. The van der Waals surface area contributed by atoms with Gasteiger partial charge in [-0.05, 0) is 19.1 Å². The molecular formula is C16H14N2O2. The monoisotopic (exact) mass is 266 g/mol. The number of hydrogen-bond donors (Lipinski definition) is 0. The predicted molar refractivity (Wildman–Crippen MR) is 77.2 cm³/mol. The third-order valence-corrected chi connectivity index (χ3v) is 3.24. The van der Waals surface area contributed by atoms with E-state index in [9.17, 15) is 4.79 Å². The Balaban J connectivity index is 2.31. The van der Waals surface area contributed by atoms with Gasteiger partial charge in [-0.3, -0.25) is 4.79 Å². The molecule has 20 heavy (non-hydrogen) atoms. The van der Waals surface area contributed by atoms with Crippen LogP contribution in [0.25, 0.3) is 16.8 Å². The van der Waals surface area contributed by atoms with Gasteiger partial charge in [-0.15, -0.1) is 0 Å². The number of rotatable bonds is 3. The Labute approximate surface area is 116 Å². The minimum absolute atomic E-state index is 0.00372. The molecule has 3 rings (SSSR count). The van der Waals surface area contributed by atoms with Gasteiger partial charge < -0.3 is 4.74 Å². The maximum atomic E-state index is 12.0. The van der Waals surface area contributed by atoms with Crippen LogP contribution < -0.4 is 4.74 Å². The average Bonchev–Trinajstić information content (AvgIpc) is 2.86. The first-order chi connectivity index (χ1) is 9.70. The number of carbonyl (C=O) groups is 1. The van der Waals surface area contributed by atoms with Crippen LogP contribution in [-0.2, 0) is 0 Å². The third-order valence-electron chi connectivity index (χ3n) is 3.24. The first-order valence-corrected chi connectivity index (χ1v) is 6.33. The maximum Gasteiger partial charge on any atom is 0.164 e. The average molecular weight is 266 g/mol. The molecule has 0 N–H and O–H groups in total. The molecule has 3 aromatic rings. The molecule has 0 aliphatic rings. The third kappa shape index (κ3) is 1.95. The molecule has 2 aromatic heterocycles. The van der Waals surface area contributed by atoms with E-state index in [-0.39, 0.29) is 5.78 Å². The van der Waals surface area contributed by atoms with Crippen LogP contribution in [-0.4, -0.2) is 22.5 Å². The van der Waals surface area contributed by atoms with Crippen LogP contribution in [0, 0.1) is 0 Å². The van der Waals surface area contributed by atoms with E-state index >= 15 is 0 Å². The summed E-state index contributed by atoms with van der Waals surface area (Å²) in [5, 5.41) is 4.53. The molecular weight excluding hydrogens is 252 g/mol. The van der Waals surface area contributed by atoms with Crippen molar-refractivity contribution >= 4 is 11.3 Å². The lowest BCUT2D eigenvalue weighted by Gasteiger charge is -2.00. The summed E-state index contributed by atoms with van der Waals surface area (Å²) in [6.07, 6.45) is 1.77. The van der Waals surface area contributed by atoms with Gasteiger partial charge in [-0.2, -0.15) is 5.10 Å². The fourth-order valence-electron chi connectivity index (χ4n) is 2.30. The fraction of sp³-hybridized carbons (Fsp3) is 0.125. The van der Waals surface area contributed by atoms with Gasteiger partial charge in [0.25, 0.3) is 0 Å². The molecule has 0 saturated carbocycles. The van der Waals surface area contributed by atoms with Gasteiger partial charge >= 0.3 is 0 Å². The number of pyridine rings is 1. The second-order valence-electron chi connectivity index (χ2n) is 4.54. The molecule has 0 atom stereocenters. The first-order valence-electron chi connectivity index (χ1n) is 6.33. The molecule has 0 radical (unpaired) electrons. The van der Waals surface area contributed by atoms with Crippen LogP contribution in [0.2, 0.25) is 0 Å². The molecule has 100 valence electrons. The zero-order chi connectivity index (χ0) is 14.1. The number of Topliss-reactive ketones (excluding diaryl/α,β-unsaturated/α-hetero) is 1. The molecule has 0 aliphatic carbocycles. The highest BCUT2D eigenvalue weighted by Gasteiger charge is 2.18. The Morgan fingerprint density at radius 1 is 1.15 bits per heavy atom. The molecule has 0 spiro atoms. The molecule has 0 fully saturated rings. The SMILES string of the molecule is COc1ccc2c(C(C)=O)c(-c3ccccc3)nn2c1. The predicted octanol–water partition coefficient (Wildman–Crippen LogP) is 3.21. The minimum atomic E-state index is 0.00372. The van der Waals surface area contributed by atoms with Gasteiger partial charge in [-0.1, -0.05) is 30.3 Å². The van der Waals surface area contributed by atoms with Crippen LogP contribution in [0.5, 0.6) is 5.75 Å². The Morgan fingerprint density at radius 3 is 2.55 bits per heavy atom. The lowest BCUT2D eigenvalue weighted by atomic mass is 10.0. The Morgan fingerprint density at radius 2 is 1.90 bits per heavy atom. The number of ether oxygens (including phenoxy) is 1. The number of methoxy groups -OCH3 is 1. The van der Waals surface area contributed by atoms with E-state index < -0.39 is 0 Å². The highest BCUT2D eigenvalue weighted by molar-refractivity contribution is 6.06. The van der Waals surface area contributed by atoms with Crippen molar-refractivity contribution in [2.24, 2.45) is 0 Å². The maximum absolute atomic E-state index is 12.0. The van der Waals surface area contributed by atoms with Crippen molar-refractivity contribution in [1.29, 1.82) is 0 Å². The zero-order valence-electron chi connectivity index (χ0n) is 11.3. The molecule has 0 aliphatic heterocycles. The van der Waals surface area contributed by atoms with Crippen LogP contribution in [0.3, 0.4) is 0 Å². The summed E-state index contributed by atoms with van der Waals surface area (Å²) < 4.78 is 6.88. The smallest absolute Gasteiger partial charge is 0.164 e. The van der Waals surface area contributed by atoms with Crippen LogP contribution in [0.1, 0.15) is 17.3 Å². The van der Waals surface area contributed by atoms with Crippen LogP contribution in [0.15, 0.2) is 48.7 Å². The van der Waals surface area contributed by atoms with Crippen molar-refractivity contribution in [1.82, 2.24) is 9.61 Å². The molecule has 4 heteroatoms. The standard InChI is InChI=1S/C16H14N2O2/c1-11(19)15-14-9-8-13(20-2)10-18(14)17-16(15)12-6-4-3-5-7-12/h3-10H,1-2H3. The molecule has 0 bridgehead atoms. The molecule has 2 heterocycles. The van der Waals surface area contributed by atoms with E-state index in [2.05, 4.69) is 5.10 Å². The second kappa shape index (κ2) is 4.81. The van der Waals surface area contributed by atoms with Crippen molar-refractivity contribution < 1.29 is 9.53 Å². The van der Waals surface area contributed by atoms with Crippen LogP contribution in [0.4, 0.5) is 0 Å². The number of aromatic nitrogens is 2. The van der Waals surface area contributed by atoms with Gasteiger partial charge in [0.1, 0.15) is 11.4 Å². The minimum Gasteiger partial charge on any atom is -0.495 e. The number of ketones is 1. The second-order valence-corrected chi connectivity index (χ2v) is 4.54. The van der Waals surface area contributed by atoms with Crippen molar-refractivity contribution in [3.05, 3.63) is 54.2 Å². The summed E-state index contributed by atoms with van der Waals surface area (Å²) in [6.45, 7) is 1.56. The van der Waals surface area contributed by atoms with Crippen molar-refractivity contribution in [3.8, 4) is 17.0 Å².